The highest BCUT2D eigenvalue weighted by Crippen LogP contribution is 2.38. The molecule has 2 aliphatic rings. The number of hydrogen-bond donors (Lipinski definition) is 2. The molecular formula is C19H28F2N4O4. The smallest absolute Gasteiger partial charge is 0.387 e. The summed E-state index contributed by atoms with van der Waals surface area (Å²) in [7, 11) is 3.38. The van der Waals surface area contributed by atoms with Crippen molar-refractivity contribution in [3.05, 3.63) is 17.7 Å². The van der Waals surface area contributed by atoms with E-state index in [2.05, 4.69) is 25.3 Å². The average Bonchev–Trinajstić information content (AvgIpc) is 3.34. The maximum Gasteiger partial charge on any atom is 0.387 e. The van der Waals surface area contributed by atoms with Crippen molar-refractivity contribution in [2.75, 3.05) is 47.2 Å². The van der Waals surface area contributed by atoms with Crippen molar-refractivity contribution in [1.82, 2.24) is 15.5 Å². The molecule has 2 N–H and O–H groups in total. The van der Waals surface area contributed by atoms with Crippen LogP contribution in [0.15, 0.2) is 17.1 Å². The van der Waals surface area contributed by atoms with Gasteiger partial charge in [-0.3, -0.25) is 9.89 Å². The molecule has 8 nitrogen and oxygen atoms in total. The van der Waals surface area contributed by atoms with Crippen molar-refractivity contribution >= 4 is 5.96 Å². The molecular weight excluding hydrogens is 386 g/mol. The van der Waals surface area contributed by atoms with Crippen LogP contribution >= 0.6 is 0 Å². The van der Waals surface area contributed by atoms with Gasteiger partial charge in [-0.05, 0) is 25.5 Å². The van der Waals surface area contributed by atoms with Gasteiger partial charge in [-0.25, -0.2) is 0 Å². The summed E-state index contributed by atoms with van der Waals surface area (Å²) in [6.07, 6.45) is 2.27. The van der Waals surface area contributed by atoms with Gasteiger partial charge in [-0.1, -0.05) is 0 Å². The molecule has 1 unspecified atom stereocenters. The van der Waals surface area contributed by atoms with Crippen LogP contribution in [0.5, 0.6) is 17.2 Å². The molecule has 1 saturated heterocycles. The van der Waals surface area contributed by atoms with Crippen molar-refractivity contribution in [1.29, 1.82) is 0 Å². The third-order valence-corrected chi connectivity index (χ3v) is 5.03. The van der Waals surface area contributed by atoms with E-state index in [-0.39, 0.29) is 19.1 Å². The lowest BCUT2D eigenvalue weighted by Crippen LogP contribution is -2.45. The number of guanidine groups is 1. The molecule has 0 saturated carbocycles. The Morgan fingerprint density at radius 3 is 2.83 bits per heavy atom. The summed E-state index contributed by atoms with van der Waals surface area (Å²) >= 11 is 0. The minimum atomic E-state index is -2.92. The Bertz CT molecular complexity index is 705. The predicted molar refractivity (Wildman–Crippen MR) is 104 cm³/mol. The van der Waals surface area contributed by atoms with Gasteiger partial charge in [0.05, 0.1) is 6.61 Å². The summed E-state index contributed by atoms with van der Waals surface area (Å²) in [5, 5.41) is 6.46. The van der Waals surface area contributed by atoms with Crippen molar-refractivity contribution in [2.45, 2.75) is 32.0 Å². The van der Waals surface area contributed by atoms with Crippen LogP contribution in [0.1, 0.15) is 18.4 Å². The van der Waals surface area contributed by atoms with Gasteiger partial charge < -0.3 is 29.6 Å². The molecule has 29 heavy (non-hydrogen) atoms. The van der Waals surface area contributed by atoms with Crippen molar-refractivity contribution in [3.8, 4) is 17.2 Å². The summed E-state index contributed by atoms with van der Waals surface area (Å²) < 4.78 is 45.9. The van der Waals surface area contributed by atoms with Crippen LogP contribution in [0.3, 0.4) is 0 Å². The lowest BCUT2D eigenvalue weighted by atomic mass is 10.1. The number of benzene rings is 1. The van der Waals surface area contributed by atoms with Gasteiger partial charge in [0.2, 0.25) is 6.79 Å². The topological polar surface area (TPSA) is 76.6 Å². The Labute approximate surface area is 169 Å². The quantitative estimate of drug-likeness (QED) is 0.471. The number of nitrogens with one attached hydrogen (secondary N) is 2. The van der Waals surface area contributed by atoms with E-state index in [1.54, 1.807) is 20.2 Å². The number of fused-ring (bicyclic) bond motifs is 1. The molecule has 0 bridgehead atoms. The van der Waals surface area contributed by atoms with E-state index in [1.807, 2.05) is 0 Å². The van der Waals surface area contributed by atoms with E-state index in [0.717, 1.165) is 32.5 Å². The average molecular weight is 414 g/mol. The van der Waals surface area contributed by atoms with Crippen molar-refractivity contribution < 1.29 is 27.7 Å². The third kappa shape index (κ3) is 5.83. The predicted octanol–water partition coefficient (Wildman–Crippen LogP) is 1.79. The Hall–Kier alpha value is -2.33. The highest BCUT2D eigenvalue weighted by atomic mass is 19.3. The molecule has 0 spiro atoms. The van der Waals surface area contributed by atoms with E-state index >= 15 is 0 Å². The van der Waals surface area contributed by atoms with Gasteiger partial charge >= 0.3 is 6.61 Å². The molecule has 0 radical (unpaired) electrons. The zero-order chi connectivity index (χ0) is 20.6. The number of hydrogen-bond acceptors (Lipinski definition) is 6. The van der Waals surface area contributed by atoms with E-state index < -0.39 is 6.61 Å². The minimum absolute atomic E-state index is 0.0498. The van der Waals surface area contributed by atoms with Crippen LogP contribution in [0.2, 0.25) is 0 Å². The Kier molecular flexibility index (Phi) is 7.70. The van der Waals surface area contributed by atoms with E-state index in [9.17, 15) is 8.78 Å². The van der Waals surface area contributed by atoms with Crippen LogP contribution < -0.4 is 24.8 Å². The number of rotatable bonds is 9. The maximum absolute atomic E-state index is 12.8. The fourth-order valence-electron chi connectivity index (χ4n) is 3.55. The molecule has 3 rings (SSSR count). The Morgan fingerprint density at radius 2 is 2.10 bits per heavy atom. The highest BCUT2D eigenvalue weighted by molar-refractivity contribution is 5.79. The summed E-state index contributed by atoms with van der Waals surface area (Å²) in [5.74, 6) is 1.54. The van der Waals surface area contributed by atoms with Crippen LogP contribution in [-0.2, 0) is 11.3 Å². The molecule has 1 fully saturated rings. The first-order valence-electron chi connectivity index (χ1n) is 9.65. The number of ether oxygens (including phenoxy) is 4. The number of aliphatic imine (C=N–C) groups is 1. The zero-order valence-corrected chi connectivity index (χ0v) is 16.7. The molecule has 162 valence electrons. The minimum Gasteiger partial charge on any atom is -0.454 e. The van der Waals surface area contributed by atoms with Crippen molar-refractivity contribution in [3.63, 3.8) is 0 Å². The molecule has 0 aliphatic carbocycles. The molecule has 0 aromatic heterocycles. The van der Waals surface area contributed by atoms with Crippen LogP contribution in [0.25, 0.3) is 0 Å². The van der Waals surface area contributed by atoms with Crippen LogP contribution in [0, 0.1) is 0 Å². The molecule has 10 heteroatoms. The number of halogens is 2. The Balaban J connectivity index is 1.56. The SMILES string of the molecule is CN=C(NCc1cc2c(cc1OC(F)F)OCO2)NCC1CCCN1CCOC. The Morgan fingerprint density at radius 1 is 1.31 bits per heavy atom. The second-order valence-corrected chi connectivity index (χ2v) is 6.82. The molecule has 1 atom stereocenters. The molecule has 1 aromatic carbocycles. The monoisotopic (exact) mass is 414 g/mol. The van der Waals surface area contributed by atoms with E-state index in [1.165, 1.54) is 6.07 Å². The molecule has 2 aliphatic heterocycles. The van der Waals surface area contributed by atoms with Crippen LogP contribution in [0.4, 0.5) is 8.78 Å². The first-order chi connectivity index (χ1) is 14.1. The number of methoxy groups -OCH3 is 1. The van der Waals surface area contributed by atoms with Gasteiger partial charge in [-0.2, -0.15) is 8.78 Å². The highest BCUT2D eigenvalue weighted by Gasteiger charge is 2.24. The zero-order valence-electron chi connectivity index (χ0n) is 16.7. The van der Waals surface area contributed by atoms with Crippen LogP contribution in [-0.4, -0.2) is 70.7 Å². The summed E-state index contributed by atoms with van der Waals surface area (Å²) in [4.78, 5) is 6.62. The van der Waals surface area contributed by atoms with Gasteiger partial charge in [-0.15, -0.1) is 0 Å². The first kappa shape index (κ1) is 21.4. The summed E-state index contributed by atoms with van der Waals surface area (Å²) in [5.41, 5.74) is 0.528. The summed E-state index contributed by atoms with van der Waals surface area (Å²) in [6, 6.07) is 3.48. The second kappa shape index (κ2) is 10.4. The number of alkyl halides is 2. The van der Waals surface area contributed by atoms with Gasteiger partial charge in [0.1, 0.15) is 5.75 Å². The van der Waals surface area contributed by atoms with Gasteiger partial charge in [0.15, 0.2) is 17.5 Å². The van der Waals surface area contributed by atoms with Gasteiger partial charge in [0.25, 0.3) is 0 Å². The van der Waals surface area contributed by atoms with Crippen molar-refractivity contribution in [2.24, 2.45) is 4.99 Å². The molecule has 2 heterocycles. The third-order valence-electron chi connectivity index (χ3n) is 5.03. The normalized spacial score (nSPS) is 19.1. The van der Waals surface area contributed by atoms with Gasteiger partial charge in [0, 0.05) is 51.5 Å². The molecule has 0 amide bonds. The lowest BCUT2D eigenvalue weighted by molar-refractivity contribution is -0.0505. The number of likely N-dealkylation sites (tertiary alicyclic amines) is 1. The van der Waals surface area contributed by atoms with E-state index in [0.29, 0.717) is 35.7 Å². The largest absolute Gasteiger partial charge is 0.454 e. The molecule has 1 aromatic rings. The fourth-order valence-corrected chi connectivity index (χ4v) is 3.55. The van der Waals surface area contributed by atoms with E-state index in [4.69, 9.17) is 14.2 Å². The second-order valence-electron chi connectivity index (χ2n) is 6.82. The lowest BCUT2D eigenvalue weighted by Gasteiger charge is -2.25. The number of nitrogens with zero attached hydrogens (tertiary/aromatic N) is 2. The maximum atomic E-state index is 12.8. The summed E-state index contributed by atoms with van der Waals surface area (Å²) in [6.45, 7) is 0.798. The first-order valence-corrected chi connectivity index (χ1v) is 9.65. The standard InChI is InChI=1S/C19H28F2N4O4/c1-22-19(24-11-14-4-3-5-25(14)6-7-26-2)23-10-13-8-16-17(28-12-27-16)9-15(13)29-18(20)21/h8-9,14,18H,3-7,10-12H2,1-2H3,(H2,22,23,24). The fraction of sp³-hybridized carbons (Fsp3) is 0.632.